The maximum absolute atomic E-state index is 9.71. The van der Waals surface area contributed by atoms with Gasteiger partial charge in [0, 0.05) is 26.2 Å². The standard InChI is InChI=1S/C10H20O4/c1-12-6-7-13-5-3-10(11)9-2-4-14-8-9/h9-11H,2-8H2,1H3. The first kappa shape index (κ1) is 11.9. The quantitative estimate of drug-likeness (QED) is 0.611. The summed E-state index contributed by atoms with van der Waals surface area (Å²) in [4.78, 5) is 0. The van der Waals surface area contributed by atoms with E-state index in [4.69, 9.17) is 14.2 Å². The van der Waals surface area contributed by atoms with Gasteiger partial charge in [0.05, 0.1) is 25.9 Å². The topological polar surface area (TPSA) is 47.9 Å². The van der Waals surface area contributed by atoms with Crippen LogP contribution in [0.4, 0.5) is 0 Å². The fourth-order valence-electron chi connectivity index (χ4n) is 1.54. The Bertz CT molecular complexity index is 134. The predicted molar refractivity (Wildman–Crippen MR) is 52.2 cm³/mol. The maximum Gasteiger partial charge on any atom is 0.0700 e. The van der Waals surface area contributed by atoms with Crippen molar-refractivity contribution in [3.8, 4) is 0 Å². The van der Waals surface area contributed by atoms with Crippen molar-refractivity contribution in [2.75, 3.05) is 40.1 Å². The van der Waals surface area contributed by atoms with Crippen molar-refractivity contribution in [3.05, 3.63) is 0 Å². The molecule has 2 atom stereocenters. The lowest BCUT2D eigenvalue weighted by Crippen LogP contribution is -2.22. The van der Waals surface area contributed by atoms with Crippen LogP contribution in [0.1, 0.15) is 12.8 Å². The summed E-state index contributed by atoms with van der Waals surface area (Å²) in [6.07, 6.45) is 1.39. The van der Waals surface area contributed by atoms with Crippen LogP contribution in [0.5, 0.6) is 0 Å². The maximum atomic E-state index is 9.71. The van der Waals surface area contributed by atoms with Gasteiger partial charge in [-0.2, -0.15) is 0 Å². The highest BCUT2D eigenvalue weighted by Crippen LogP contribution is 2.18. The summed E-state index contributed by atoms with van der Waals surface area (Å²) in [5.74, 6) is 0.307. The lowest BCUT2D eigenvalue weighted by atomic mass is 10.00. The Labute approximate surface area is 85.2 Å². The summed E-state index contributed by atoms with van der Waals surface area (Å²) in [5, 5.41) is 9.71. The minimum atomic E-state index is -0.278. The van der Waals surface area contributed by atoms with E-state index in [1.807, 2.05) is 0 Å². The lowest BCUT2D eigenvalue weighted by Gasteiger charge is -2.15. The van der Waals surface area contributed by atoms with Gasteiger partial charge in [0.2, 0.25) is 0 Å². The van der Waals surface area contributed by atoms with Crippen molar-refractivity contribution >= 4 is 0 Å². The molecule has 1 aliphatic rings. The second kappa shape index (κ2) is 7.17. The molecule has 1 N–H and O–H groups in total. The van der Waals surface area contributed by atoms with Crippen molar-refractivity contribution in [1.82, 2.24) is 0 Å². The van der Waals surface area contributed by atoms with Crippen LogP contribution in [0, 0.1) is 5.92 Å². The number of hydrogen-bond acceptors (Lipinski definition) is 4. The third kappa shape index (κ3) is 4.37. The van der Waals surface area contributed by atoms with Crippen molar-refractivity contribution in [2.45, 2.75) is 18.9 Å². The number of aliphatic hydroxyl groups excluding tert-OH is 1. The summed E-state index contributed by atoms with van der Waals surface area (Å²) in [6, 6.07) is 0. The molecule has 0 amide bonds. The molecule has 0 aromatic rings. The Balaban J connectivity index is 1.94. The van der Waals surface area contributed by atoms with Crippen LogP contribution in [0.25, 0.3) is 0 Å². The van der Waals surface area contributed by atoms with E-state index in [1.165, 1.54) is 0 Å². The molecule has 0 saturated carbocycles. The minimum absolute atomic E-state index is 0.278. The van der Waals surface area contributed by atoms with Gasteiger partial charge in [-0.25, -0.2) is 0 Å². The molecule has 4 heteroatoms. The van der Waals surface area contributed by atoms with Gasteiger partial charge in [-0.1, -0.05) is 0 Å². The zero-order valence-electron chi connectivity index (χ0n) is 8.78. The summed E-state index contributed by atoms with van der Waals surface area (Å²) in [7, 11) is 1.65. The van der Waals surface area contributed by atoms with Gasteiger partial charge in [-0.3, -0.25) is 0 Å². The van der Waals surface area contributed by atoms with Crippen LogP contribution in [0.15, 0.2) is 0 Å². The molecule has 84 valence electrons. The van der Waals surface area contributed by atoms with Crippen molar-refractivity contribution in [2.24, 2.45) is 5.92 Å². The fourth-order valence-corrected chi connectivity index (χ4v) is 1.54. The zero-order valence-corrected chi connectivity index (χ0v) is 8.78. The third-order valence-corrected chi connectivity index (χ3v) is 2.50. The average Bonchev–Trinajstić information content (AvgIpc) is 2.70. The van der Waals surface area contributed by atoms with E-state index < -0.39 is 0 Å². The van der Waals surface area contributed by atoms with E-state index in [2.05, 4.69) is 0 Å². The molecular weight excluding hydrogens is 184 g/mol. The van der Waals surface area contributed by atoms with Crippen molar-refractivity contribution < 1.29 is 19.3 Å². The minimum Gasteiger partial charge on any atom is -0.393 e. The highest BCUT2D eigenvalue weighted by Gasteiger charge is 2.23. The molecule has 1 rings (SSSR count). The van der Waals surface area contributed by atoms with Crippen LogP contribution in [0.2, 0.25) is 0 Å². The summed E-state index contributed by atoms with van der Waals surface area (Å²) in [5.41, 5.74) is 0. The number of methoxy groups -OCH3 is 1. The van der Waals surface area contributed by atoms with Gasteiger partial charge in [-0.05, 0) is 12.8 Å². The second-order valence-electron chi connectivity index (χ2n) is 3.58. The molecule has 0 aromatic carbocycles. The first-order valence-electron chi connectivity index (χ1n) is 5.17. The SMILES string of the molecule is COCCOCCC(O)C1CCOC1. The first-order chi connectivity index (χ1) is 6.84. The largest absolute Gasteiger partial charge is 0.393 e. The molecule has 2 unspecified atom stereocenters. The van der Waals surface area contributed by atoms with Gasteiger partial charge in [0.1, 0.15) is 0 Å². The van der Waals surface area contributed by atoms with E-state index in [1.54, 1.807) is 7.11 Å². The highest BCUT2D eigenvalue weighted by molar-refractivity contribution is 4.72. The van der Waals surface area contributed by atoms with Crippen LogP contribution in [-0.2, 0) is 14.2 Å². The van der Waals surface area contributed by atoms with Gasteiger partial charge in [0.15, 0.2) is 0 Å². The molecule has 1 heterocycles. The molecule has 4 nitrogen and oxygen atoms in total. The first-order valence-corrected chi connectivity index (χ1v) is 5.17. The Morgan fingerprint density at radius 1 is 1.43 bits per heavy atom. The van der Waals surface area contributed by atoms with E-state index in [0.717, 1.165) is 13.0 Å². The monoisotopic (exact) mass is 204 g/mol. The number of aliphatic hydroxyl groups is 1. The molecule has 0 aromatic heterocycles. The average molecular weight is 204 g/mol. The molecule has 14 heavy (non-hydrogen) atoms. The zero-order chi connectivity index (χ0) is 10.2. The van der Waals surface area contributed by atoms with E-state index in [-0.39, 0.29) is 6.10 Å². The van der Waals surface area contributed by atoms with Gasteiger partial charge in [0.25, 0.3) is 0 Å². The van der Waals surface area contributed by atoms with Crippen LogP contribution in [0.3, 0.4) is 0 Å². The number of rotatable bonds is 7. The number of hydrogen-bond donors (Lipinski definition) is 1. The van der Waals surface area contributed by atoms with Crippen LogP contribution >= 0.6 is 0 Å². The van der Waals surface area contributed by atoms with Crippen LogP contribution < -0.4 is 0 Å². The fraction of sp³-hybridized carbons (Fsp3) is 1.00. The summed E-state index contributed by atoms with van der Waals surface area (Å²) < 4.78 is 15.3. The van der Waals surface area contributed by atoms with E-state index >= 15 is 0 Å². The predicted octanol–water partition coefficient (Wildman–Crippen LogP) is 0.437. The molecule has 0 radical (unpaired) electrons. The second-order valence-corrected chi connectivity index (χ2v) is 3.58. The Morgan fingerprint density at radius 3 is 2.93 bits per heavy atom. The molecular formula is C10H20O4. The summed E-state index contributed by atoms with van der Waals surface area (Å²) in [6.45, 7) is 3.29. The molecule has 1 saturated heterocycles. The summed E-state index contributed by atoms with van der Waals surface area (Å²) >= 11 is 0. The molecule has 0 spiro atoms. The Kier molecular flexibility index (Phi) is 6.10. The Morgan fingerprint density at radius 2 is 2.29 bits per heavy atom. The molecule has 0 aliphatic carbocycles. The smallest absolute Gasteiger partial charge is 0.0700 e. The van der Waals surface area contributed by atoms with E-state index in [9.17, 15) is 5.11 Å². The van der Waals surface area contributed by atoms with Crippen molar-refractivity contribution in [1.29, 1.82) is 0 Å². The highest BCUT2D eigenvalue weighted by atomic mass is 16.5. The van der Waals surface area contributed by atoms with Gasteiger partial charge >= 0.3 is 0 Å². The van der Waals surface area contributed by atoms with Crippen LogP contribution in [-0.4, -0.2) is 51.4 Å². The Hall–Kier alpha value is -0.160. The molecule has 1 fully saturated rings. The molecule has 0 bridgehead atoms. The molecule has 1 aliphatic heterocycles. The normalized spacial score (nSPS) is 24.0. The van der Waals surface area contributed by atoms with Gasteiger partial charge < -0.3 is 19.3 Å². The lowest BCUT2D eigenvalue weighted by molar-refractivity contribution is 0.0284. The van der Waals surface area contributed by atoms with Crippen molar-refractivity contribution in [3.63, 3.8) is 0 Å². The third-order valence-electron chi connectivity index (χ3n) is 2.50. The van der Waals surface area contributed by atoms with E-state index in [0.29, 0.717) is 38.8 Å². The van der Waals surface area contributed by atoms with Gasteiger partial charge in [-0.15, -0.1) is 0 Å². The number of ether oxygens (including phenoxy) is 3.